The molecule has 0 saturated heterocycles. The first kappa shape index (κ1) is 33.5. The fourth-order valence-electron chi connectivity index (χ4n) is 4.25. The Morgan fingerprint density at radius 1 is 0.444 bits per heavy atom. The molecule has 0 saturated carbocycles. The number of hydrogen-bond acceptors (Lipinski definition) is 2. The summed E-state index contributed by atoms with van der Waals surface area (Å²) >= 11 is 0. The van der Waals surface area contributed by atoms with Gasteiger partial charge in [-0.15, -0.1) is 13.2 Å². The van der Waals surface area contributed by atoms with Gasteiger partial charge in [-0.3, -0.25) is 0 Å². The zero-order chi connectivity index (χ0) is 33.8. The summed E-state index contributed by atoms with van der Waals surface area (Å²) in [6.45, 7) is 1.33. The van der Waals surface area contributed by atoms with Crippen LogP contribution in [0.3, 0.4) is 0 Å². The number of hydrogen-bond donors (Lipinski definition) is 0. The van der Waals surface area contributed by atoms with E-state index in [4.69, 9.17) is 0 Å². The number of benzene rings is 4. The molecule has 0 N–H and O–H groups in total. The van der Waals surface area contributed by atoms with Crippen molar-refractivity contribution in [2.24, 2.45) is 0 Å². The molecule has 0 fully saturated rings. The van der Waals surface area contributed by atoms with Crippen LogP contribution in [0, 0.1) is 53.5 Å². The SMILES string of the molecule is Cc1cc(F)c(-c2cc(F)c(-c3cc(F)c(C(F)(F)Oc4cc(F)c(C(F)(F)OC(F)(F)F)c(F)c4)c(F)c3)c(F)c2)c(F)c1. The van der Waals surface area contributed by atoms with E-state index in [0.717, 1.165) is 12.1 Å². The normalized spacial score (nSPS) is 12.5. The van der Waals surface area contributed by atoms with Crippen LogP contribution in [-0.4, -0.2) is 6.36 Å². The Morgan fingerprint density at radius 3 is 1.18 bits per heavy atom. The molecule has 0 amide bonds. The van der Waals surface area contributed by atoms with Crippen molar-refractivity contribution in [3.63, 3.8) is 0 Å². The summed E-state index contributed by atoms with van der Waals surface area (Å²) in [6, 6.07) is 1.52. The molecule has 240 valence electrons. The standard InChI is InChI=1S/C28H11F15O2/c1-10-2-14(29)22(15(30)3-10)11-4-16(31)23(17(32)5-11)12-6-18(33)24(19(34)7-12)26(37,38)44-13-8-20(35)25(21(36)9-13)27(39,40)45-28(41,42)43/h2-9H,1H3. The second kappa shape index (κ2) is 11.5. The fraction of sp³-hybridized carbons (Fsp3) is 0.143. The minimum absolute atomic E-state index is 0.0246. The molecule has 0 aliphatic heterocycles. The highest BCUT2D eigenvalue weighted by Crippen LogP contribution is 2.43. The van der Waals surface area contributed by atoms with Gasteiger partial charge in [0.2, 0.25) is 0 Å². The molecular weight excluding hydrogens is 653 g/mol. The van der Waals surface area contributed by atoms with Gasteiger partial charge in [-0.25, -0.2) is 39.9 Å². The van der Waals surface area contributed by atoms with Crippen molar-refractivity contribution in [2.45, 2.75) is 25.5 Å². The van der Waals surface area contributed by atoms with E-state index in [9.17, 15) is 65.9 Å². The molecular formula is C28H11F15O2. The van der Waals surface area contributed by atoms with Crippen molar-refractivity contribution in [2.75, 3.05) is 0 Å². The molecule has 17 heteroatoms. The molecule has 0 aliphatic carbocycles. The molecule has 0 spiro atoms. The second-order valence-electron chi connectivity index (χ2n) is 9.18. The summed E-state index contributed by atoms with van der Waals surface area (Å²) < 4.78 is 215. The topological polar surface area (TPSA) is 18.5 Å². The van der Waals surface area contributed by atoms with Crippen molar-refractivity contribution in [3.8, 4) is 28.0 Å². The van der Waals surface area contributed by atoms with Gasteiger partial charge < -0.3 is 4.74 Å². The number of halogens is 15. The van der Waals surface area contributed by atoms with Crippen LogP contribution in [0.5, 0.6) is 5.75 Å². The summed E-state index contributed by atoms with van der Waals surface area (Å²) in [5, 5.41) is 0. The molecule has 2 nitrogen and oxygen atoms in total. The van der Waals surface area contributed by atoms with Gasteiger partial charge in [0.1, 0.15) is 63.4 Å². The Bertz CT molecular complexity index is 1710. The van der Waals surface area contributed by atoms with Gasteiger partial charge in [-0.05, 0) is 60.0 Å². The lowest BCUT2D eigenvalue weighted by molar-refractivity contribution is -0.432. The van der Waals surface area contributed by atoms with E-state index in [2.05, 4.69) is 9.47 Å². The van der Waals surface area contributed by atoms with Crippen molar-refractivity contribution in [1.82, 2.24) is 0 Å². The Labute approximate surface area is 241 Å². The zero-order valence-electron chi connectivity index (χ0n) is 21.6. The van der Waals surface area contributed by atoms with E-state index in [1.54, 1.807) is 0 Å². The van der Waals surface area contributed by atoms with Crippen molar-refractivity contribution in [1.29, 1.82) is 0 Å². The van der Waals surface area contributed by atoms with Crippen molar-refractivity contribution < 1.29 is 75.3 Å². The van der Waals surface area contributed by atoms with E-state index in [1.165, 1.54) is 6.92 Å². The summed E-state index contributed by atoms with van der Waals surface area (Å²) in [7, 11) is 0. The molecule has 0 unspecified atom stereocenters. The molecule has 4 rings (SSSR count). The van der Waals surface area contributed by atoms with Gasteiger partial charge in [0, 0.05) is 12.1 Å². The summed E-state index contributed by atoms with van der Waals surface area (Å²) in [4.78, 5) is 0. The predicted octanol–water partition coefficient (Wildman–Crippen LogP) is 10.2. The molecule has 0 radical (unpaired) electrons. The van der Waals surface area contributed by atoms with Crippen molar-refractivity contribution in [3.05, 3.63) is 112 Å². The molecule has 0 bridgehead atoms. The van der Waals surface area contributed by atoms with Gasteiger partial charge in [0.25, 0.3) is 0 Å². The molecule has 0 aliphatic rings. The third-order valence-electron chi connectivity index (χ3n) is 5.94. The number of aryl methyl sites for hydroxylation is 1. The van der Waals surface area contributed by atoms with Crippen LogP contribution in [0.4, 0.5) is 65.9 Å². The Balaban J connectivity index is 1.69. The van der Waals surface area contributed by atoms with Crippen LogP contribution in [0.15, 0.2) is 48.5 Å². The van der Waals surface area contributed by atoms with Gasteiger partial charge in [0.05, 0.1) is 11.1 Å². The number of alkyl halides is 7. The van der Waals surface area contributed by atoms with Crippen LogP contribution in [0.1, 0.15) is 16.7 Å². The first-order chi connectivity index (χ1) is 20.6. The smallest absolute Gasteiger partial charge is 0.429 e. The lowest BCUT2D eigenvalue weighted by Crippen LogP contribution is -2.30. The summed E-state index contributed by atoms with van der Waals surface area (Å²) in [5.41, 5.74) is -8.67. The molecule has 4 aromatic carbocycles. The summed E-state index contributed by atoms with van der Waals surface area (Å²) in [6.07, 6.45) is -17.0. The maximum Gasteiger partial charge on any atom is 0.527 e. The monoisotopic (exact) mass is 664 g/mol. The van der Waals surface area contributed by atoms with Gasteiger partial charge in [-0.1, -0.05) is 0 Å². The molecule has 0 aromatic heterocycles. The Hall–Kier alpha value is -4.41. The van der Waals surface area contributed by atoms with Crippen LogP contribution < -0.4 is 4.74 Å². The van der Waals surface area contributed by atoms with E-state index in [1.807, 2.05) is 0 Å². The van der Waals surface area contributed by atoms with Gasteiger partial charge in [-0.2, -0.15) is 17.6 Å². The van der Waals surface area contributed by atoms with Crippen LogP contribution in [0.2, 0.25) is 0 Å². The Kier molecular flexibility index (Phi) is 8.56. The Morgan fingerprint density at radius 2 is 0.778 bits per heavy atom. The average molecular weight is 664 g/mol. The third kappa shape index (κ3) is 6.82. The first-order valence-electron chi connectivity index (χ1n) is 11.8. The number of rotatable bonds is 7. The highest BCUT2D eigenvalue weighted by Gasteiger charge is 2.50. The largest absolute Gasteiger partial charge is 0.527 e. The second-order valence-corrected chi connectivity index (χ2v) is 9.18. The van der Waals surface area contributed by atoms with Crippen molar-refractivity contribution >= 4 is 0 Å². The lowest BCUT2D eigenvalue weighted by atomic mass is 9.96. The predicted molar refractivity (Wildman–Crippen MR) is 124 cm³/mol. The first-order valence-corrected chi connectivity index (χ1v) is 11.8. The maximum absolute atomic E-state index is 14.9. The summed E-state index contributed by atoms with van der Waals surface area (Å²) in [5.74, 6) is -17.2. The molecule has 0 atom stereocenters. The average Bonchev–Trinajstić information content (AvgIpc) is 2.79. The highest BCUT2D eigenvalue weighted by molar-refractivity contribution is 5.73. The molecule has 45 heavy (non-hydrogen) atoms. The third-order valence-corrected chi connectivity index (χ3v) is 5.94. The van der Waals surface area contributed by atoms with Crippen LogP contribution >= 0.6 is 0 Å². The highest BCUT2D eigenvalue weighted by atomic mass is 19.4. The van der Waals surface area contributed by atoms with Crippen LogP contribution in [-0.2, 0) is 17.0 Å². The zero-order valence-corrected chi connectivity index (χ0v) is 21.6. The lowest BCUT2D eigenvalue weighted by Gasteiger charge is -2.22. The van der Waals surface area contributed by atoms with E-state index >= 15 is 0 Å². The van der Waals surface area contributed by atoms with Gasteiger partial charge >= 0.3 is 18.6 Å². The van der Waals surface area contributed by atoms with Crippen LogP contribution in [0.25, 0.3) is 22.3 Å². The quantitative estimate of drug-likeness (QED) is 0.183. The minimum Gasteiger partial charge on any atom is -0.429 e. The molecule has 0 heterocycles. The van der Waals surface area contributed by atoms with E-state index < -0.39 is 116 Å². The van der Waals surface area contributed by atoms with E-state index in [0.29, 0.717) is 12.1 Å². The molecule has 4 aromatic rings. The van der Waals surface area contributed by atoms with E-state index in [-0.39, 0.29) is 17.7 Å². The minimum atomic E-state index is -6.10. The fourth-order valence-corrected chi connectivity index (χ4v) is 4.25. The number of ether oxygens (including phenoxy) is 2. The van der Waals surface area contributed by atoms with Gasteiger partial charge in [0.15, 0.2) is 0 Å². The maximum atomic E-state index is 14.9.